The number of rotatable bonds is 8. The zero-order valence-electron chi connectivity index (χ0n) is 17.5. The molecule has 0 radical (unpaired) electrons. The number of hydrogen-bond donors (Lipinski definition) is 2. The Bertz CT molecular complexity index is 987. The van der Waals surface area contributed by atoms with E-state index in [9.17, 15) is 13.2 Å². The van der Waals surface area contributed by atoms with Gasteiger partial charge in [-0.05, 0) is 42.2 Å². The van der Waals surface area contributed by atoms with E-state index >= 15 is 0 Å². The van der Waals surface area contributed by atoms with E-state index in [1.165, 1.54) is 17.7 Å². The number of hydrogen-bond acceptors (Lipinski definition) is 5. The third-order valence-electron chi connectivity index (χ3n) is 4.82. The highest BCUT2D eigenvalue weighted by atomic mass is 32.2. The number of fused-ring (bicyclic) bond motifs is 1. The van der Waals surface area contributed by atoms with Crippen molar-refractivity contribution in [3.05, 3.63) is 48.0 Å². The van der Waals surface area contributed by atoms with Crippen molar-refractivity contribution in [2.75, 3.05) is 18.5 Å². The van der Waals surface area contributed by atoms with Crippen molar-refractivity contribution < 1.29 is 22.7 Å². The van der Waals surface area contributed by atoms with Crippen molar-refractivity contribution in [1.29, 1.82) is 0 Å². The number of ether oxygens (including phenoxy) is 2. The lowest BCUT2D eigenvalue weighted by Gasteiger charge is -2.23. The normalized spacial score (nSPS) is 14.4. The number of benzene rings is 2. The van der Waals surface area contributed by atoms with Crippen molar-refractivity contribution in [2.24, 2.45) is 5.92 Å². The highest BCUT2D eigenvalue weighted by Crippen LogP contribution is 2.32. The number of anilines is 1. The van der Waals surface area contributed by atoms with Crippen molar-refractivity contribution in [3.63, 3.8) is 0 Å². The van der Waals surface area contributed by atoms with Gasteiger partial charge in [0.05, 0.1) is 4.90 Å². The molecule has 0 aliphatic carbocycles. The van der Waals surface area contributed by atoms with Gasteiger partial charge in [-0.25, -0.2) is 8.42 Å². The fourth-order valence-corrected chi connectivity index (χ4v) is 4.54. The molecule has 2 aromatic rings. The molecule has 30 heavy (non-hydrogen) atoms. The van der Waals surface area contributed by atoms with E-state index < -0.39 is 22.0 Å². The lowest BCUT2D eigenvalue weighted by Crippen LogP contribution is -2.47. The molecule has 3 rings (SSSR count). The number of carbonyl (C=O) groups is 1. The Hall–Kier alpha value is -2.58. The third-order valence-corrected chi connectivity index (χ3v) is 6.25. The summed E-state index contributed by atoms with van der Waals surface area (Å²) in [6, 6.07) is 11.1. The van der Waals surface area contributed by atoms with Crippen LogP contribution in [-0.4, -0.2) is 33.6 Å². The fourth-order valence-electron chi connectivity index (χ4n) is 3.18. The molecule has 1 aliphatic heterocycles. The highest BCUT2D eigenvalue weighted by Gasteiger charge is 2.29. The summed E-state index contributed by atoms with van der Waals surface area (Å²) in [5, 5.41) is 2.81. The molecule has 1 amide bonds. The molecule has 1 heterocycles. The molecule has 7 nitrogen and oxygen atoms in total. The van der Waals surface area contributed by atoms with E-state index in [0.717, 1.165) is 12.8 Å². The fraction of sp³-hybridized carbons (Fsp3) is 0.409. The SMILES string of the molecule is CCCc1ccc(NC(=O)[C@H](NS(=O)(=O)c2ccc3c(c2)OCCO3)C(C)C)cc1. The molecule has 0 saturated carbocycles. The van der Waals surface area contributed by atoms with Crippen LogP contribution in [0.1, 0.15) is 32.8 Å². The lowest BCUT2D eigenvalue weighted by molar-refractivity contribution is -0.118. The second kappa shape index (κ2) is 9.49. The zero-order chi connectivity index (χ0) is 21.7. The topological polar surface area (TPSA) is 93.7 Å². The maximum atomic E-state index is 12.9. The van der Waals surface area contributed by atoms with E-state index in [4.69, 9.17) is 9.47 Å². The molecule has 0 bridgehead atoms. The van der Waals surface area contributed by atoms with E-state index in [0.29, 0.717) is 30.4 Å². The van der Waals surface area contributed by atoms with E-state index in [2.05, 4.69) is 17.0 Å². The number of amides is 1. The number of aryl methyl sites for hydroxylation is 1. The number of nitrogens with one attached hydrogen (secondary N) is 2. The van der Waals surface area contributed by atoms with Crippen LogP contribution in [0.3, 0.4) is 0 Å². The molecule has 2 aromatic carbocycles. The van der Waals surface area contributed by atoms with E-state index in [-0.39, 0.29) is 10.8 Å². The Morgan fingerprint density at radius 2 is 1.70 bits per heavy atom. The van der Waals surface area contributed by atoms with E-state index in [1.807, 2.05) is 24.3 Å². The molecule has 0 aromatic heterocycles. The van der Waals surface area contributed by atoms with Gasteiger partial charge in [0.2, 0.25) is 15.9 Å². The van der Waals surface area contributed by atoms with Gasteiger partial charge in [-0.1, -0.05) is 39.3 Å². The zero-order valence-corrected chi connectivity index (χ0v) is 18.3. The minimum Gasteiger partial charge on any atom is -0.486 e. The van der Waals surface area contributed by atoms with Crippen LogP contribution in [0, 0.1) is 5.92 Å². The van der Waals surface area contributed by atoms with Crippen LogP contribution in [-0.2, 0) is 21.2 Å². The van der Waals surface area contributed by atoms with Gasteiger partial charge in [-0.3, -0.25) is 4.79 Å². The summed E-state index contributed by atoms with van der Waals surface area (Å²) in [4.78, 5) is 12.8. The molecule has 0 unspecified atom stereocenters. The molecule has 8 heteroatoms. The summed E-state index contributed by atoms with van der Waals surface area (Å²) in [6.45, 7) is 6.48. The van der Waals surface area contributed by atoms with Gasteiger partial charge in [0, 0.05) is 11.8 Å². The van der Waals surface area contributed by atoms with Crippen LogP contribution >= 0.6 is 0 Å². The maximum Gasteiger partial charge on any atom is 0.242 e. The first kappa shape index (κ1) is 22.1. The average Bonchev–Trinajstić information content (AvgIpc) is 2.73. The second-order valence-corrected chi connectivity index (χ2v) is 9.30. The highest BCUT2D eigenvalue weighted by molar-refractivity contribution is 7.89. The molecular formula is C22H28N2O5S. The summed E-state index contributed by atoms with van der Waals surface area (Å²) >= 11 is 0. The first-order chi connectivity index (χ1) is 14.3. The van der Waals surface area contributed by atoms with Gasteiger partial charge < -0.3 is 14.8 Å². The predicted molar refractivity (Wildman–Crippen MR) is 115 cm³/mol. The molecule has 0 spiro atoms. The average molecular weight is 433 g/mol. The Labute approximate surface area is 177 Å². The quantitative estimate of drug-likeness (QED) is 0.667. The number of sulfonamides is 1. The number of carbonyl (C=O) groups excluding carboxylic acids is 1. The molecule has 1 atom stereocenters. The van der Waals surface area contributed by atoms with Gasteiger partial charge in [0.25, 0.3) is 0 Å². The Balaban J connectivity index is 1.74. The van der Waals surface area contributed by atoms with E-state index in [1.54, 1.807) is 19.9 Å². The Kier molecular flexibility index (Phi) is 6.99. The molecule has 1 aliphatic rings. The Morgan fingerprint density at radius 1 is 1.03 bits per heavy atom. The summed E-state index contributed by atoms with van der Waals surface area (Å²) in [5.74, 6) is 0.220. The van der Waals surface area contributed by atoms with Crippen LogP contribution in [0.25, 0.3) is 0 Å². The lowest BCUT2D eigenvalue weighted by atomic mass is 10.0. The molecular weight excluding hydrogens is 404 g/mol. The van der Waals surface area contributed by atoms with Crippen LogP contribution in [0.15, 0.2) is 47.4 Å². The second-order valence-electron chi connectivity index (χ2n) is 7.58. The summed E-state index contributed by atoms with van der Waals surface area (Å²) < 4.78 is 39.3. The monoisotopic (exact) mass is 432 g/mol. The van der Waals surface area contributed by atoms with Crippen molar-refractivity contribution in [1.82, 2.24) is 4.72 Å². The van der Waals surface area contributed by atoms with Gasteiger partial charge in [0.1, 0.15) is 19.3 Å². The predicted octanol–water partition coefficient (Wildman–Crippen LogP) is 3.35. The molecule has 0 fully saturated rings. The van der Waals surface area contributed by atoms with Crippen molar-refractivity contribution in [3.8, 4) is 11.5 Å². The maximum absolute atomic E-state index is 12.9. The van der Waals surface area contributed by atoms with Crippen LogP contribution < -0.4 is 19.5 Å². The van der Waals surface area contributed by atoms with Gasteiger partial charge in [-0.15, -0.1) is 0 Å². The third kappa shape index (κ3) is 5.31. The first-order valence-corrected chi connectivity index (χ1v) is 11.6. The van der Waals surface area contributed by atoms with Crippen LogP contribution in [0.4, 0.5) is 5.69 Å². The van der Waals surface area contributed by atoms with Gasteiger partial charge >= 0.3 is 0 Å². The van der Waals surface area contributed by atoms with Crippen molar-refractivity contribution in [2.45, 2.75) is 44.6 Å². The minimum absolute atomic E-state index is 0.0223. The molecule has 2 N–H and O–H groups in total. The van der Waals surface area contributed by atoms with Crippen LogP contribution in [0.2, 0.25) is 0 Å². The van der Waals surface area contributed by atoms with Crippen LogP contribution in [0.5, 0.6) is 11.5 Å². The van der Waals surface area contributed by atoms with Gasteiger partial charge in [-0.2, -0.15) is 4.72 Å². The molecule has 162 valence electrons. The molecule has 0 saturated heterocycles. The summed E-state index contributed by atoms with van der Waals surface area (Å²) in [6.07, 6.45) is 2.01. The summed E-state index contributed by atoms with van der Waals surface area (Å²) in [5.41, 5.74) is 1.82. The summed E-state index contributed by atoms with van der Waals surface area (Å²) in [7, 11) is -3.94. The largest absolute Gasteiger partial charge is 0.486 e. The Morgan fingerprint density at radius 3 is 2.33 bits per heavy atom. The van der Waals surface area contributed by atoms with Crippen molar-refractivity contribution >= 4 is 21.6 Å². The first-order valence-electron chi connectivity index (χ1n) is 10.1. The van der Waals surface area contributed by atoms with Gasteiger partial charge in [0.15, 0.2) is 11.5 Å². The minimum atomic E-state index is -3.94. The smallest absolute Gasteiger partial charge is 0.242 e. The standard InChI is InChI=1S/C22H28N2O5S/c1-4-5-16-6-8-17(9-7-16)23-22(25)21(15(2)3)24-30(26,27)18-10-11-19-20(14-18)29-13-12-28-19/h6-11,14-15,21,24H,4-5,12-13H2,1-3H3,(H,23,25)/t21-/m1/s1.